The van der Waals surface area contributed by atoms with Gasteiger partial charge in [0.25, 0.3) is 15.9 Å². The van der Waals surface area contributed by atoms with Gasteiger partial charge in [0.05, 0.1) is 16.3 Å². The highest BCUT2D eigenvalue weighted by molar-refractivity contribution is 7.90. The number of ether oxygens (including phenoxy) is 1. The number of nitrogens with zero attached hydrogens (tertiary/aromatic N) is 3. The summed E-state index contributed by atoms with van der Waals surface area (Å²) in [5.74, 6) is -0.849. The third-order valence-corrected chi connectivity index (χ3v) is 7.01. The zero-order valence-corrected chi connectivity index (χ0v) is 21.9. The second-order valence-corrected chi connectivity index (χ2v) is 10.5. The van der Waals surface area contributed by atoms with Crippen LogP contribution >= 0.6 is 0 Å². The van der Waals surface area contributed by atoms with Crippen LogP contribution in [-0.2, 0) is 21.9 Å². The van der Waals surface area contributed by atoms with E-state index in [2.05, 4.69) is 14.8 Å². The Hall–Kier alpha value is -4.51. The minimum Gasteiger partial charge on any atom is -0.458 e. The summed E-state index contributed by atoms with van der Waals surface area (Å²) in [5, 5.41) is 6.99. The van der Waals surface area contributed by atoms with E-state index in [-0.39, 0.29) is 22.9 Å². The van der Waals surface area contributed by atoms with Crippen molar-refractivity contribution in [2.24, 2.45) is 23.1 Å². The first-order chi connectivity index (χ1) is 18.0. The Morgan fingerprint density at radius 2 is 1.84 bits per heavy atom. The number of anilines is 1. The van der Waals surface area contributed by atoms with Gasteiger partial charge < -0.3 is 15.8 Å². The average molecular weight is 534 g/mol. The maximum Gasteiger partial charge on any atom is 0.282 e. The van der Waals surface area contributed by atoms with Crippen LogP contribution in [-0.4, -0.2) is 35.7 Å². The first-order valence-corrected chi connectivity index (χ1v) is 13.1. The summed E-state index contributed by atoms with van der Waals surface area (Å²) in [7, 11) is -2.31. The summed E-state index contributed by atoms with van der Waals surface area (Å²) in [5.41, 5.74) is 8.15. The molecule has 1 unspecified atom stereocenters. The molecule has 10 nitrogen and oxygen atoms in total. The van der Waals surface area contributed by atoms with Crippen molar-refractivity contribution in [3.63, 3.8) is 0 Å². The summed E-state index contributed by atoms with van der Waals surface area (Å²) in [6, 6.07) is 14.8. The van der Waals surface area contributed by atoms with E-state index in [0.717, 1.165) is 11.3 Å². The van der Waals surface area contributed by atoms with E-state index in [1.54, 1.807) is 68.6 Å². The van der Waals surface area contributed by atoms with Crippen molar-refractivity contribution >= 4 is 33.2 Å². The fourth-order valence-corrected chi connectivity index (χ4v) is 4.93. The number of carbonyl (C=O) groups is 2. The van der Waals surface area contributed by atoms with Crippen molar-refractivity contribution < 1.29 is 22.7 Å². The molecule has 4 rings (SSSR count). The molecule has 3 N–H and O–H groups in total. The molecule has 1 aliphatic rings. The van der Waals surface area contributed by atoms with Gasteiger partial charge in [-0.1, -0.05) is 23.8 Å². The Morgan fingerprint density at radius 1 is 1.11 bits per heavy atom. The molecule has 1 heterocycles. The normalized spacial score (nSPS) is 16.2. The van der Waals surface area contributed by atoms with E-state index in [0.29, 0.717) is 22.9 Å². The van der Waals surface area contributed by atoms with Gasteiger partial charge >= 0.3 is 0 Å². The Bertz CT molecular complexity index is 1580. The molecule has 38 heavy (non-hydrogen) atoms. The van der Waals surface area contributed by atoms with Gasteiger partial charge in [0.15, 0.2) is 0 Å². The van der Waals surface area contributed by atoms with E-state index < -0.39 is 21.8 Å². The van der Waals surface area contributed by atoms with E-state index in [1.807, 2.05) is 6.92 Å². The molecule has 2 amide bonds. The number of allylic oxidation sites excluding steroid dienone is 3. The minimum absolute atomic E-state index is 0.0491. The SMILES string of the molecule is Cc1ccc(S(=O)(=O)N=C2C=CC(Oc3cccc(NC(=O)c4cc(C)nn4C)c3)=CC2CC(N)=O)cc1. The maximum atomic E-state index is 12.8. The van der Waals surface area contributed by atoms with Gasteiger partial charge in [-0.25, -0.2) is 0 Å². The number of hydrogen-bond acceptors (Lipinski definition) is 6. The molecule has 0 aliphatic heterocycles. The third-order valence-electron chi connectivity index (χ3n) is 5.69. The van der Waals surface area contributed by atoms with E-state index in [4.69, 9.17) is 10.5 Å². The van der Waals surface area contributed by atoms with Gasteiger partial charge in [-0.2, -0.15) is 17.9 Å². The molecule has 0 fully saturated rings. The number of benzene rings is 2. The van der Waals surface area contributed by atoms with Crippen molar-refractivity contribution in [1.82, 2.24) is 9.78 Å². The summed E-state index contributed by atoms with van der Waals surface area (Å²) in [4.78, 5) is 24.4. The van der Waals surface area contributed by atoms with Crippen LogP contribution in [0.15, 0.2) is 87.9 Å². The summed E-state index contributed by atoms with van der Waals surface area (Å²) < 4.78 is 37.1. The van der Waals surface area contributed by atoms with Crippen LogP contribution in [0.4, 0.5) is 5.69 Å². The van der Waals surface area contributed by atoms with Crippen LogP contribution in [0.1, 0.15) is 28.2 Å². The van der Waals surface area contributed by atoms with Crippen molar-refractivity contribution in [3.8, 4) is 5.75 Å². The van der Waals surface area contributed by atoms with E-state index in [9.17, 15) is 18.0 Å². The summed E-state index contributed by atoms with van der Waals surface area (Å²) >= 11 is 0. The highest BCUT2D eigenvalue weighted by atomic mass is 32.2. The van der Waals surface area contributed by atoms with Gasteiger partial charge in [-0.3, -0.25) is 14.3 Å². The molecule has 0 saturated heterocycles. The van der Waals surface area contributed by atoms with Gasteiger partial charge in [0.2, 0.25) is 5.91 Å². The lowest BCUT2D eigenvalue weighted by molar-refractivity contribution is -0.118. The van der Waals surface area contributed by atoms with Crippen LogP contribution in [0.5, 0.6) is 5.75 Å². The molecule has 11 heteroatoms. The molecule has 0 bridgehead atoms. The number of aromatic nitrogens is 2. The fraction of sp³-hybridized carbons (Fsp3) is 0.185. The molecule has 1 aromatic heterocycles. The number of amides is 2. The molecule has 1 aliphatic carbocycles. The van der Waals surface area contributed by atoms with Crippen LogP contribution in [0.3, 0.4) is 0 Å². The lowest BCUT2D eigenvalue weighted by Gasteiger charge is -2.18. The maximum absolute atomic E-state index is 12.8. The molecule has 196 valence electrons. The van der Waals surface area contributed by atoms with Crippen molar-refractivity contribution in [3.05, 3.63) is 95.5 Å². The number of nitrogens with one attached hydrogen (secondary N) is 1. The number of sulfonamides is 1. The van der Waals surface area contributed by atoms with Crippen molar-refractivity contribution in [2.45, 2.75) is 25.2 Å². The Kier molecular flexibility index (Phi) is 7.58. The predicted molar refractivity (Wildman–Crippen MR) is 143 cm³/mol. The Labute approximate surface area is 220 Å². The van der Waals surface area contributed by atoms with Crippen LogP contribution < -0.4 is 15.8 Å². The first kappa shape index (κ1) is 26.6. The van der Waals surface area contributed by atoms with E-state index in [1.165, 1.54) is 22.9 Å². The number of hydrogen-bond donors (Lipinski definition) is 2. The molecule has 1 atom stereocenters. The van der Waals surface area contributed by atoms with Crippen LogP contribution in [0, 0.1) is 19.8 Å². The zero-order chi connectivity index (χ0) is 27.4. The van der Waals surface area contributed by atoms with E-state index >= 15 is 0 Å². The number of primary amides is 1. The highest BCUT2D eigenvalue weighted by Gasteiger charge is 2.23. The minimum atomic E-state index is -4.00. The highest BCUT2D eigenvalue weighted by Crippen LogP contribution is 2.26. The van der Waals surface area contributed by atoms with Gasteiger partial charge in [0, 0.05) is 31.1 Å². The fourth-order valence-electron chi connectivity index (χ4n) is 3.87. The lowest BCUT2D eigenvalue weighted by Crippen LogP contribution is -2.23. The third kappa shape index (κ3) is 6.43. The molecule has 0 spiro atoms. The number of carbonyl (C=O) groups excluding carboxylic acids is 2. The van der Waals surface area contributed by atoms with Crippen molar-refractivity contribution in [1.29, 1.82) is 0 Å². The largest absolute Gasteiger partial charge is 0.458 e. The topological polar surface area (TPSA) is 146 Å². The number of rotatable bonds is 8. The summed E-state index contributed by atoms with van der Waals surface area (Å²) in [6.07, 6.45) is 4.49. The average Bonchev–Trinajstić information content (AvgIpc) is 3.19. The van der Waals surface area contributed by atoms with Crippen LogP contribution in [0.2, 0.25) is 0 Å². The monoisotopic (exact) mass is 533 g/mol. The predicted octanol–water partition coefficient (Wildman–Crippen LogP) is 3.44. The lowest BCUT2D eigenvalue weighted by atomic mass is 9.94. The van der Waals surface area contributed by atoms with Crippen LogP contribution in [0.25, 0.3) is 0 Å². The zero-order valence-electron chi connectivity index (χ0n) is 21.1. The molecule has 0 radical (unpaired) electrons. The van der Waals surface area contributed by atoms with Gasteiger partial charge in [-0.05, 0) is 62.4 Å². The van der Waals surface area contributed by atoms with Crippen molar-refractivity contribution in [2.75, 3.05) is 5.32 Å². The molecule has 3 aromatic rings. The number of aryl methyl sites for hydroxylation is 3. The summed E-state index contributed by atoms with van der Waals surface area (Å²) in [6.45, 7) is 3.66. The van der Waals surface area contributed by atoms with Gasteiger partial charge in [0.1, 0.15) is 17.2 Å². The molecule has 2 aromatic carbocycles. The smallest absolute Gasteiger partial charge is 0.282 e. The second kappa shape index (κ2) is 10.9. The molecule has 0 saturated carbocycles. The Balaban J connectivity index is 1.53. The Morgan fingerprint density at radius 3 is 2.50 bits per heavy atom. The molecular formula is C27H27N5O5S. The second-order valence-electron chi connectivity index (χ2n) is 8.86. The first-order valence-electron chi connectivity index (χ1n) is 11.7. The van der Waals surface area contributed by atoms with Gasteiger partial charge in [-0.15, -0.1) is 0 Å². The standard InChI is InChI=1S/C27H27N5O5S/c1-17-7-10-23(11-8-17)38(35,36)31-24-12-9-22(14-19(24)15-26(28)33)37-21-6-4-5-20(16-21)29-27(34)25-13-18(2)30-32(25)3/h4-14,16,19H,15H2,1-3H3,(H2,28,33)(H,29,34). The quantitative estimate of drug-likeness (QED) is 0.454. The molecular weight excluding hydrogens is 506 g/mol. The number of nitrogens with two attached hydrogens (primary N) is 1.